The maximum absolute atomic E-state index is 12.4. The summed E-state index contributed by atoms with van der Waals surface area (Å²) in [5.41, 5.74) is 0.996. The summed E-state index contributed by atoms with van der Waals surface area (Å²) in [6.07, 6.45) is 0. The summed E-state index contributed by atoms with van der Waals surface area (Å²) >= 11 is 5.84. The Kier molecular flexibility index (Phi) is 8.31. The SMILES string of the molecule is CC(=O)COC(=O)c1c(I)c(NC(C)=O)c(I)c(NC(C)=O)c1I. The number of amides is 2. The molecule has 1 aromatic carbocycles. The van der Waals surface area contributed by atoms with Gasteiger partial charge in [0.2, 0.25) is 11.8 Å². The third-order valence-corrected chi connectivity index (χ3v) is 5.77. The summed E-state index contributed by atoms with van der Waals surface area (Å²) in [4.78, 5) is 46.3. The molecule has 130 valence electrons. The lowest BCUT2D eigenvalue weighted by molar-refractivity contribution is -0.120. The Balaban J connectivity index is 3.55. The molecule has 0 heterocycles. The normalized spacial score (nSPS) is 10.1. The molecule has 0 atom stereocenters. The minimum atomic E-state index is -0.700. The van der Waals surface area contributed by atoms with E-state index in [9.17, 15) is 19.2 Å². The van der Waals surface area contributed by atoms with Gasteiger partial charge < -0.3 is 15.4 Å². The predicted molar refractivity (Wildman–Crippen MR) is 114 cm³/mol. The molecule has 0 aliphatic carbocycles. The average molecular weight is 670 g/mol. The van der Waals surface area contributed by atoms with Crippen molar-refractivity contribution in [3.8, 4) is 0 Å². The van der Waals surface area contributed by atoms with Crippen molar-refractivity contribution in [3.63, 3.8) is 0 Å². The number of ether oxygens (including phenoxy) is 1. The van der Waals surface area contributed by atoms with Crippen molar-refractivity contribution in [2.75, 3.05) is 17.2 Å². The van der Waals surface area contributed by atoms with Crippen molar-refractivity contribution in [1.29, 1.82) is 0 Å². The van der Waals surface area contributed by atoms with Crippen LogP contribution in [0.1, 0.15) is 31.1 Å². The van der Waals surface area contributed by atoms with E-state index in [1.165, 1.54) is 20.8 Å². The number of nitrogens with one attached hydrogen (secondary N) is 2. The first kappa shape index (κ1) is 21.5. The zero-order valence-corrected chi connectivity index (χ0v) is 19.4. The lowest BCUT2D eigenvalue weighted by atomic mass is 10.1. The van der Waals surface area contributed by atoms with E-state index in [-0.39, 0.29) is 29.8 Å². The summed E-state index contributed by atoms with van der Waals surface area (Å²) in [7, 11) is 0. The Labute approximate surface area is 179 Å². The summed E-state index contributed by atoms with van der Waals surface area (Å²) in [5.74, 6) is -1.62. The molecule has 0 spiro atoms. The average Bonchev–Trinajstić information content (AvgIpc) is 2.45. The molecule has 0 aliphatic heterocycles. The summed E-state index contributed by atoms with van der Waals surface area (Å²) < 4.78 is 6.52. The van der Waals surface area contributed by atoms with Crippen molar-refractivity contribution in [2.24, 2.45) is 0 Å². The van der Waals surface area contributed by atoms with Gasteiger partial charge in [0, 0.05) is 13.8 Å². The molecule has 1 aromatic rings. The molecule has 0 bridgehead atoms. The number of carbonyl (C=O) groups excluding carboxylic acids is 4. The Morgan fingerprint density at radius 1 is 0.833 bits per heavy atom. The van der Waals surface area contributed by atoms with Crippen LogP contribution in [0.15, 0.2) is 0 Å². The van der Waals surface area contributed by atoms with Crippen LogP contribution in [0.4, 0.5) is 11.4 Å². The Morgan fingerprint density at radius 3 is 1.58 bits per heavy atom. The number of anilines is 2. The molecule has 7 nitrogen and oxygen atoms in total. The fraction of sp³-hybridized carbons (Fsp3) is 0.286. The number of halogens is 3. The van der Waals surface area contributed by atoms with Gasteiger partial charge in [-0.05, 0) is 74.7 Å². The van der Waals surface area contributed by atoms with Gasteiger partial charge >= 0.3 is 5.97 Å². The van der Waals surface area contributed by atoms with E-state index in [0.717, 1.165) is 0 Å². The number of ketones is 1. The zero-order valence-electron chi connectivity index (χ0n) is 12.9. The highest BCUT2D eigenvalue weighted by atomic mass is 127. The number of esters is 1. The standard InChI is InChI=1S/C14H13I3N2O5/c1-5(20)4-24-14(23)8-9(15)12(18-6(2)21)11(17)13(10(8)16)19-7(3)22/h4H2,1-3H3,(H,18,21)(H,19,22). The van der Waals surface area contributed by atoms with Gasteiger partial charge in [-0.1, -0.05) is 0 Å². The van der Waals surface area contributed by atoms with Gasteiger partial charge in [0.25, 0.3) is 0 Å². The fourth-order valence-electron chi connectivity index (χ4n) is 1.65. The molecule has 2 N–H and O–H groups in total. The summed E-state index contributed by atoms with van der Waals surface area (Å²) in [6, 6.07) is 0. The predicted octanol–water partition coefficient (Wildman–Crippen LogP) is 3.16. The number of hydrogen-bond donors (Lipinski definition) is 2. The van der Waals surface area contributed by atoms with E-state index in [1.54, 1.807) is 0 Å². The van der Waals surface area contributed by atoms with Crippen molar-refractivity contribution < 1.29 is 23.9 Å². The monoisotopic (exact) mass is 670 g/mol. The van der Waals surface area contributed by atoms with Gasteiger partial charge in [-0.2, -0.15) is 0 Å². The van der Waals surface area contributed by atoms with E-state index < -0.39 is 5.97 Å². The van der Waals surface area contributed by atoms with Gasteiger partial charge in [0.15, 0.2) is 5.78 Å². The Morgan fingerprint density at radius 2 is 1.25 bits per heavy atom. The zero-order chi connectivity index (χ0) is 18.6. The second-order valence-electron chi connectivity index (χ2n) is 4.71. The maximum Gasteiger partial charge on any atom is 0.340 e. The third-order valence-electron chi connectivity index (χ3n) is 2.53. The van der Waals surface area contributed by atoms with Crippen LogP contribution >= 0.6 is 67.8 Å². The van der Waals surface area contributed by atoms with Crippen molar-refractivity contribution in [2.45, 2.75) is 20.8 Å². The Bertz CT molecular complexity index is 691. The molecular weight excluding hydrogens is 657 g/mol. The van der Waals surface area contributed by atoms with Crippen LogP contribution in [0, 0.1) is 10.7 Å². The molecule has 0 saturated heterocycles. The van der Waals surface area contributed by atoms with Gasteiger partial charge in [-0.3, -0.25) is 14.4 Å². The number of benzene rings is 1. The first-order valence-corrected chi connectivity index (χ1v) is 9.72. The van der Waals surface area contributed by atoms with Gasteiger partial charge in [-0.15, -0.1) is 0 Å². The van der Waals surface area contributed by atoms with E-state index in [1.807, 2.05) is 67.8 Å². The molecule has 0 saturated carbocycles. The van der Waals surface area contributed by atoms with E-state index >= 15 is 0 Å². The Hall–Kier alpha value is -0.510. The molecule has 0 aliphatic rings. The molecule has 2 amide bonds. The second kappa shape index (κ2) is 9.26. The quantitative estimate of drug-likeness (QED) is 0.371. The van der Waals surface area contributed by atoms with Crippen LogP contribution in [-0.2, 0) is 19.1 Å². The van der Waals surface area contributed by atoms with Crippen molar-refractivity contribution in [3.05, 3.63) is 16.3 Å². The van der Waals surface area contributed by atoms with E-state index in [0.29, 0.717) is 22.1 Å². The number of rotatable bonds is 5. The van der Waals surface area contributed by atoms with Crippen molar-refractivity contribution in [1.82, 2.24) is 0 Å². The number of carbonyl (C=O) groups is 4. The lowest BCUT2D eigenvalue weighted by Crippen LogP contribution is -2.20. The first-order chi connectivity index (χ1) is 11.1. The molecule has 0 unspecified atom stereocenters. The molecule has 0 fully saturated rings. The molecule has 10 heteroatoms. The smallest absolute Gasteiger partial charge is 0.340 e. The third kappa shape index (κ3) is 5.50. The summed E-state index contributed by atoms with van der Waals surface area (Å²) in [5, 5.41) is 5.32. The minimum Gasteiger partial charge on any atom is -0.454 e. The topological polar surface area (TPSA) is 102 Å². The minimum absolute atomic E-state index is 0.186. The van der Waals surface area contributed by atoms with Crippen LogP contribution < -0.4 is 10.6 Å². The number of Topliss-reactive ketones (excluding diaryl/α,β-unsaturated/α-hetero) is 1. The molecular formula is C14H13I3N2O5. The van der Waals surface area contributed by atoms with Crippen LogP contribution in [0.5, 0.6) is 0 Å². The molecule has 1 rings (SSSR count). The highest BCUT2D eigenvalue weighted by Gasteiger charge is 2.26. The van der Waals surface area contributed by atoms with Gasteiger partial charge in [0.05, 0.1) is 27.6 Å². The van der Waals surface area contributed by atoms with Crippen molar-refractivity contribution >= 4 is 103 Å². The second-order valence-corrected chi connectivity index (χ2v) is 7.94. The first-order valence-electron chi connectivity index (χ1n) is 6.48. The maximum atomic E-state index is 12.4. The molecule has 24 heavy (non-hydrogen) atoms. The van der Waals surface area contributed by atoms with Crippen LogP contribution in [0.3, 0.4) is 0 Å². The molecule has 0 aromatic heterocycles. The lowest BCUT2D eigenvalue weighted by Gasteiger charge is -2.19. The van der Waals surface area contributed by atoms with Gasteiger partial charge in [0.1, 0.15) is 6.61 Å². The number of hydrogen-bond acceptors (Lipinski definition) is 5. The highest BCUT2D eigenvalue weighted by Crippen LogP contribution is 2.39. The summed E-state index contributed by atoms with van der Waals surface area (Å²) in [6.45, 7) is 3.65. The van der Waals surface area contributed by atoms with Crippen LogP contribution in [0.2, 0.25) is 0 Å². The highest BCUT2D eigenvalue weighted by molar-refractivity contribution is 14.1. The molecule has 0 radical (unpaired) electrons. The largest absolute Gasteiger partial charge is 0.454 e. The van der Waals surface area contributed by atoms with E-state index in [2.05, 4.69) is 10.6 Å². The van der Waals surface area contributed by atoms with E-state index in [4.69, 9.17) is 4.74 Å². The van der Waals surface area contributed by atoms with Gasteiger partial charge in [-0.25, -0.2) is 4.79 Å². The fourth-order valence-corrected chi connectivity index (χ4v) is 5.80. The van der Waals surface area contributed by atoms with Crippen LogP contribution in [-0.4, -0.2) is 30.2 Å². The van der Waals surface area contributed by atoms with Crippen LogP contribution in [0.25, 0.3) is 0 Å².